The number of piperidine rings is 1. The smallest absolute Gasteiger partial charge is 0.234 e. The van der Waals surface area contributed by atoms with Gasteiger partial charge < -0.3 is 15.5 Å². The Kier molecular flexibility index (Phi) is 5.36. The van der Waals surface area contributed by atoms with Gasteiger partial charge in [0.05, 0.1) is 6.54 Å². The first-order valence-electron chi connectivity index (χ1n) is 5.52. The van der Waals surface area contributed by atoms with Crippen molar-refractivity contribution in [1.29, 1.82) is 0 Å². The lowest BCUT2D eigenvalue weighted by molar-refractivity contribution is -0.121. The molecule has 0 bridgehead atoms. The quantitative estimate of drug-likeness (QED) is 0.496. The molecule has 0 radical (unpaired) electrons. The molecule has 0 atom stereocenters. The predicted molar refractivity (Wildman–Crippen MR) is 61.7 cm³/mol. The zero-order valence-electron chi connectivity index (χ0n) is 9.46. The van der Waals surface area contributed by atoms with Crippen LogP contribution in [0.4, 0.5) is 0 Å². The normalized spacial score (nSPS) is 18.7. The Labute approximate surface area is 91.7 Å². The molecule has 2 N–H and O–H groups in total. The number of carbonyl (C=O) groups excluding carboxylic acids is 1. The maximum atomic E-state index is 11.4. The monoisotopic (exact) mass is 211 g/mol. The summed E-state index contributed by atoms with van der Waals surface area (Å²) in [5.41, 5.74) is 0. The molecule has 4 nitrogen and oxygen atoms in total. The highest BCUT2D eigenvalue weighted by Gasteiger charge is 2.17. The zero-order chi connectivity index (χ0) is 11.1. The fourth-order valence-corrected chi connectivity index (χ4v) is 1.72. The van der Waals surface area contributed by atoms with Crippen molar-refractivity contribution in [1.82, 2.24) is 15.5 Å². The zero-order valence-corrected chi connectivity index (χ0v) is 9.46. The average Bonchev–Trinajstić information content (AvgIpc) is 2.22. The molecule has 0 aromatic rings. The molecule has 1 fully saturated rings. The van der Waals surface area contributed by atoms with Crippen LogP contribution >= 0.6 is 0 Å². The molecule has 1 amide bonds. The largest absolute Gasteiger partial charge is 0.352 e. The standard InChI is InChI=1S/C11H21N3O/c1-3-6-12-9-11(15)13-10-4-7-14(2)8-5-10/h3,10,12H,1,4-9H2,2H3,(H,13,15). The van der Waals surface area contributed by atoms with E-state index in [0.717, 1.165) is 25.9 Å². The van der Waals surface area contributed by atoms with Gasteiger partial charge in [-0.2, -0.15) is 0 Å². The van der Waals surface area contributed by atoms with Crippen LogP contribution in [0, 0.1) is 0 Å². The van der Waals surface area contributed by atoms with Gasteiger partial charge in [-0.15, -0.1) is 6.58 Å². The Morgan fingerprint density at radius 1 is 1.53 bits per heavy atom. The number of hydrogen-bond donors (Lipinski definition) is 2. The molecule has 1 aliphatic heterocycles. The summed E-state index contributed by atoms with van der Waals surface area (Å²) in [5, 5.41) is 6.03. The molecule has 0 spiro atoms. The summed E-state index contributed by atoms with van der Waals surface area (Å²) in [7, 11) is 2.11. The molecular formula is C11H21N3O. The molecule has 1 saturated heterocycles. The maximum Gasteiger partial charge on any atom is 0.234 e. The molecule has 0 aliphatic carbocycles. The Hall–Kier alpha value is -0.870. The third-order valence-electron chi connectivity index (χ3n) is 2.66. The summed E-state index contributed by atoms with van der Waals surface area (Å²) >= 11 is 0. The first-order chi connectivity index (χ1) is 7.22. The third-order valence-corrected chi connectivity index (χ3v) is 2.66. The van der Waals surface area contributed by atoms with Crippen LogP contribution in [-0.2, 0) is 4.79 Å². The lowest BCUT2D eigenvalue weighted by atomic mass is 10.1. The van der Waals surface area contributed by atoms with Crippen molar-refractivity contribution in [3.63, 3.8) is 0 Å². The fourth-order valence-electron chi connectivity index (χ4n) is 1.72. The Morgan fingerprint density at radius 3 is 2.80 bits per heavy atom. The number of nitrogens with one attached hydrogen (secondary N) is 2. The lowest BCUT2D eigenvalue weighted by Gasteiger charge is -2.29. The molecule has 15 heavy (non-hydrogen) atoms. The van der Waals surface area contributed by atoms with Gasteiger partial charge in [0, 0.05) is 12.6 Å². The van der Waals surface area contributed by atoms with Gasteiger partial charge in [0.15, 0.2) is 0 Å². The number of hydrogen-bond acceptors (Lipinski definition) is 3. The van der Waals surface area contributed by atoms with Crippen LogP contribution in [-0.4, -0.2) is 50.1 Å². The Morgan fingerprint density at radius 2 is 2.20 bits per heavy atom. The highest BCUT2D eigenvalue weighted by molar-refractivity contribution is 5.78. The van der Waals surface area contributed by atoms with Crippen molar-refractivity contribution < 1.29 is 4.79 Å². The maximum absolute atomic E-state index is 11.4. The summed E-state index contributed by atoms with van der Waals surface area (Å²) in [4.78, 5) is 13.7. The average molecular weight is 211 g/mol. The molecular weight excluding hydrogens is 190 g/mol. The molecule has 1 heterocycles. The highest BCUT2D eigenvalue weighted by atomic mass is 16.1. The van der Waals surface area contributed by atoms with E-state index in [2.05, 4.69) is 29.2 Å². The molecule has 0 aromatic carbocycles. The van der Waals surface area contributed by atoms with E-state index in [1.807, 2.05) is 0 Å². The van der Waals surface area contributed by atoms with E-state index >= 15 is 0 Å². The lowest BCUT2D eigenvalue weighted by Crippen LogP contribution is -2.45. The van der Waals surface area contributed by atoms with Gasteiger partial charge in [0.2, 0.25) is 5.91 Å². The topological polar surface area (TPSA) is 44.4 Å². The van der Waals surface area contributed by atoms with Crippen molar-refractivity contribution in [2.45, 2.75) is 18.9 Å². The number of likely N-dealkylation sites (tertiary alicyclic amines) is 1. The Bertz CT molecular complexity index is 210. The molecule has 0 unspecified atom stereocenters. The van der Waals surface area contributed by atoms with Gasteiger partial charge in [-0.05, 0) is 33.0 Å². The number of carbonyl (C=O) groups is 1. The second-order valence-electron chi connectivity index (χ2n) is 4.06. The van der Waals surface area contributed by atoms with Gasteiger partial charge >= 0.3 is 0 Å². The molecule has 1 rings (SSSR count). The molecule has 0 aromatic heterocycles. The van der Waals surface area contributed by atoms with E-state index in [0.29, 0.717) is 19.1 Å². The first-order valence-corrected chi connectivity index (χ1v) is 5.52. The summed E-state index contributed by atoms with van der Waals surface area (Å²) in [6, 6.07) is 0.360. The summed E-state index contributed by atoms with van der Waals surface area (Å²) in [5.74, 6) is 0.0893. The molecule has 86 valence electrons. The van der Waals surface area contributed by atoms with E-state index in [-0.39, 0.29) is 5.91 Å². The third kappa shape index (κ3) is 4.95. The molecule has 0 saturated carbocycles. The van der Waals surface area contributed by atoms with Crippen LogP contribution in [0.3, 0.4) is 0 Å². The van der Waals surface area contributed by atoms with Crippen LogP contribution in [0.25, 0.3) is 0 Å². The van der Waals surface area contributed by atoms with Crippen molar-refractivity contribution in [3.05, 3.63) is 12.7 Å². The van der Waals surface area contributed by atoms with Crippen molar-refractivity contribution in [2.75, 3.05) is 33.2 Å². The van der Waals surface area contributed by atoms with Crippen LogP contribution < -0.4 is 10.6 Å². The minimum absolute atomic E-state index is 0.0893. The van der Waals surface area contributed by atoms with Gasteiger partial charge in [0.1, 0.15) is 0 Å². The van der Waals surface area contributed by atoms with Crippen LogP contribution in [0.15, 0.2) is 12.7 Å². The predicted octanol–water partition coefficient (Wildman–Crippen LogP) is -0.0276. The van der Waals surface area contributed by atoms with E-state index in [9.17, 15) is 4.79 Å². The SMILES string of the molecule is C=CCNCC(=O)NC1CCN(C)CC1. The van der Waals surface area contributed by atoms with Crippen molar-refractivity contribution >= 4 is 5.91 Å². The molecule has 4 heteroatoms. The van der Waals surface area contributed by atoms with Crippen molar-refractivity contribution in [3.8, 4) is 0 Å². The first kappa shape index (κ1) is 12.2. The Balaban J connectivity index is 2.12. The van der Waals surface area contributed by atoms with Gasteiger partial charge in [-0.3, -0.25) is 4.79 Å². The number of rotatable bonds is 5. The van der Waals surface area contributed by atoms with E-state index < -0.39 is 0 Å². The van der Waals surface area contributed by atoms with Crippen LogP contribution in [0.1, 0.15) is 12.8 Å². The van der Waals surface area contributed by atoms with E-state index in [1.54, 1.807) is 6.08 Å². The van der Waals surface area contributed by atoms with Crippen molar-refractivity contribution in [2.24, 2.45) is 0 Å². The minimum Gasteiger partial charge on any atom is -0.352 e. The number of nitrogens with zero attached hydrogens (tertiary/aromatic N) is 1. The van der Waals surface area contributed by atoms with Gasteiger partial charge in [-0.25, -0.2) is 0 Å². The van der Waals surface area contributed by atoms with Crippen LogP contribution in [0.2, 0.25) is 0 Å². The van der Waals surface area contributed by atoms with Gasteiger partial charge in [-0.1, -0.05) is 6.08 Å². The summed E-state index contributed by atoms with van der Waals surface area (Å²) in [6.45, 7) is 6.80. The van der Waals surface area contributed by atoms with E-state index in [4.69, 9.17) is 0 Å². The fraction of sp³-hybridized carbons (Fsp3) is 0.727. The minimum atomic E-state index is 0.0893. The highest BCUT2D eigenvalue weighted by Crippen LogP contribution is 2.07. The molecule has 1 aliphatic rings. The van der Waals surface area contributed by atoms with Crippen LogP contribution in [0.5, 0.6) is 0 Å². The summed E-state index contributed by atoms with van der Waals surface area (Å²) < 4.78 is 0. The summed E-state index contributed by atoms with van der Waals surface area (Å²) in [6.07, 6.45) is 3.87. The van der Waals surface area contributed by atoms with Gasteiger partial charge in [0.25, 0.3) is 0 Å². The van der Waals surface area contributed by atoms with E-state index in [1.165, 1.54) is 0 Å². The number of amides is 1. The second kappa shape index (κ2) is 6.58. The second-order valence-corrected chi connectivity index (χ2v) is 4.06.